The Labute approximate surface area is 77.3 Å². The van der Waals surface area contributed by atoms with Crippen LogP contribution in [0, 0.1) is 0 Å². The summed E-state index contributed by atoms with van der Waals surface area (Å²) in [6.45, 7) is 2.02. The van der Waals surface area contributed by atoms with E-state index in [0.717, 1.165) is 23.5 Å². The van der Waals surface area contributed by atoms with E-state index < -0.39 is 5.79 Å². The first kappa shape index (κ1) is 8.19. The van der Waals surface area contributed by atoms with Gasteiger partial charge in [-0.05, 0) is 12.1 Å². The van der Waals surface area contributed by atoms with Gasteiger partial charge in [0.05, 0.1) is 17.1 Å². The maximum Gasteiger partial charge on any atom is 0.161 e. The fraction of sp³-hybridized carbons (Fsp3) is 0.333. The van der Waals surface area contributed by atoms with Crippen LogP contribution in [0.5, 0.6) is 0 Å². The minimum absolute atomic E-state index is 0.544. The SMILES string of the molecule is CCC1(N)Nc2cccc(N)c2N1. The lowest BCUT2D eigenvalue weighted by atomic mass is 10.2. The van der Waals surface area contributed by atoms with Crippen LogP contribution in [0.3, 0.4) is 0 Å². The third-order valence-electron chi connectivity index (χ3n) is 2.36. The van der Waals surface area contributed by atoms with E-state index in [-0.39, 0.29) is 0 Å². The lowest BCUT2D eigenvalue weighted by Crippen LogP contribution is -2.50. The number of nitrogen functional groups attached to an aromatic ring is 1. The molecule has 0 bridgehead atoms. The molecule has 1 aliphatic heterocycles. The highest BCUT2D eigenvalue weighted by Gasteiger charge is 2.30. The summed E-state index contributed by atoms with van der Waals surface area (Å²) in [5, 5.41) is 6.36. The molecule has 4 nitrogen and oxygen atoms in total. The van der Waals surface area contributed by atoms with Crippen LogP contribution < -0.4 is 22.1 Å². The quantitative estimate of drug-likeness (QED) is 0.486. The summed E-state index contributed by atoms with van der Waals surface area (Å²) in [6, 6.07) is 5.72. The van der Waals surface area contributed by atoms with E-state index in [9.17, 15) is 0 Å². The summed E-state index contributed by atoms with van der Waals surface area (Å²) in [5.41, 5.74) is 14.4. The van der Waals surface area contributed by atoms with Crippen molar-refractivity contribution < 1.29 is 0 Å². The normalized spacial score (nSPS) is 24.8. The molecule has 1 aliphatic rings. The zero-order chi connectivity index (χ0) is 9.47. The summed E-state index contributed by atoms with van der Waals surface area (Å²) in [4.78, 5) is 0. The fourth-order valence-electron chi connectivity index (χ4n) is 1.49. The molecule has 1 unspecified atom stereocenters. The van der Waals surface area contributed by atoms with Gasteiger partial charge in [-0.15, -0.1) is 0 Å². The molecular weight excluding hydrogens is 164 g/mol. The third kappa shape index (κ3) is 1.19. The Morgan fingerprint density at radius 3 is 2.77 bits per heavy atom. The Morgan fingerprint density at radius 1 is 1.38 bits per heavy atom. The van der Waals surface area contributed by atoms with Gasteiger partial charge in [0, 0.05) is 6.42 Å². The summed E-state index contributed by atoms with van der Waals surface area (Å²) < 4.78 is 0. The van der Waals surface area contributed by atoms with Crippen LogP contribution in [0.2, 0.25) is 0 Å². The second kappa shape index (κ2) is 2.53. The van der Waals surface area contributed by atoms with E-state index in [1.54, 1.807) is 0 Å². The largest absolute Gasteiger partial charge is 0.397 e. The number of anilines is 3. The average molecular weight is 178 g/mol. The average Bonchev–Trinajstić information content (AvgIpc) is 2.45. The molecule has 0 fully saturated rings. The maximum absolute atomic E-state index is 6.00. The predicted octanol–water partition coefficient (Wildman–Crippen LogP) is 1.13. The highest BCUT2D eigenvalue weighted by atomic mass is 15.3. The summed E-state index contributed by atoms with van der Waals surface area (Å²) in [7, 11) is 0. The number of para-hydroxylation sites is 1. The monoisotopic (exact) mass is 178 g/mol. The van der Waals surface area contributed by atoms with Crippen LogP contribution >= 0.6 is 0 Å². The van der Waals surface area contributed by atoms with Crippen LogP contribution in [0.4, 0.5) is 17.1 Å². The van der Waals surface area contributed by atoms with Gasteiger partial charge in [-0.25, -0.2) is 0 Å². The number of nitrogens with one attached hydrogen (secondary N) is 2. The fourth-order valence-corrected chi connectivity index (χ4v) is 1.49. The van der Waals surface area contributed by atoms with Crippen LogP contribution in [-0.4, -0.2) is 5.79 Å². The molecule has 13 heavy (non-hydrogen) atoms. The first-order chi connectivity index (χ1) is 6.14. The lowest BCUT2D eigenvalue weighted by molar-refractivity contribution is 0.550. The molecule has 1 heterocycles. The Balaban J connectivity index is 2.40. The van der Waals surface area contributed by atoms with Gasteiger partial charge in [-0.3, -0.25) is 5.73 Å². The van der Waals surface area contributed by atoms with Gasteiger partial charge < -0.3 is 16.4 Å². The van der Waals surface area contributed by atoms with Gasteiger partial charge in [0.2, 0.25) is 0 Å². The first-order valence-corrected chi connectivity index (χ1v) is 4.38. The van der Waals surface area contributed by atoms with Crippen molar-refractivity contribution in [3.05, 3.63) is 18.2 Å². The standard InChI is InChI=1S/C9H14N4/c1-2-9(11)12-7-5-3-4-6(10)8(7)13-9/h3-5,12-13H,2,10-11H2,1H3. The van der Waals surface area contributed by atoms with Crippen LogP contribution in [0.1, 0.15) is 13.3 Å². The van der Waals surface area contributed by atoms with Crippen molar-refractivity contribution in [3.8, 4) is 0 Å². The molecule has 0 aliphatic carbocycles. The van der Waals surface area contributed by atoms with Gasteiger partial charge in [0.15, 0.2) is 5.79 Å². The lowest BCUT2D eigenvalue weighted by Gasteiger charge is -2.23. The number of nitrogens with two attached hydrogens (primary N) is 2. The van der Waals surface area contributed by atoms with Crippen molar-refractivity contribution in [1.82, 2.24) is 0 Å². The molecule has 0 saturated carbocycles. The molecule has 0 spiro atoms. The minimum atomic E-state index is -0.544. The van der Waals surface area contributed by atoms with Crippen LogP contribution in [0.25, 0.3) is 0 Å². The molecular formula is C9H14N4. The topological polar surface area (TPSA) is 76.1 Å². The number of benzene rings is 1. The van der Waals surface area contributed by atoms with Crippen LogP contribution in [-0.2, 0) is 0 Å². The summed E-state index contributed by atoms with van der Waals surface area (Å²) >= 11 is 0. The number of fused-ring (bicyclic) bond motifs is 1. The number of hydrogen-bond acceptors (Lipinski definition) is 4. The Kier molecular flexibility index (Phi) is 1.60. The molecule has 6 N–H and O–H groups in total. The second-order valence-corrected chi connectivity index (χ2v) is 3.34. The minimum Gasteiger partial charge on any atom is -0.397 e. The Morgan fingerprint density at radius 2 is 2.15 bits per heavy atom. The zero-order valence-corrected chi connectivity index (χ0v) is 7.59. The summed E-state index contributed by atoms with van der Waals surface area (Å²) in [6.07, 6.45) is 0.793. The van der Waals surface area contributed by atoms with Crippen molar-refractivity contribution in [2.24, 2.45) is 5.73 Å². The molecule has 1 aromatic rings. The van der Waals surface area contributed by atoms with Crippen molar-refractivity contribution in [3.63, 3.8) is 0 Å². The smallest absolute Gasteiger partial charge is 0.161 e. The van der Waals surface area contributed by atoms with Gasteiger partial charge in [0.25, 0.3) is 0 Å². The van der Waals surface area contributed by atoms with Crippen molar-refractivity contribution >= 4 is 17.1 Å². The molecule has 1 atom stereocenters. The highest BCUT2D eigenvalue weighted by Crippen LogP contribution is 2.37. The third-order valence-corrected chi connectivity index (χ3v) is 2.36. The zero-order valence-electron chi connectivity index (χ0n) is 7.59. The molecule has 0 radical (unpaired) electrons. The van der Waals surface area contributed by atoms with E-state index in [4.69, 9.17) is 11.5 Å². The van der Waals surface area contributed by atoms with E-state index >= 15 is 0 Å². The molecule has 0 aromatic heterocycles. The van der Waals surface area contributed by atoms with Crippen LogP contribution in [0.15, 0.2) is 18.2 Å². The van der Waals surface area contributed by atoms with Gasteiger partial charge in [-0.1, -0.05) is 13.0 Å². The van der Waals surface area contributed by atoms with E-state index in [1.165, 1.54) is 0 Å². The van der Waals surface area contributed by atoms with E-state index in [0.29, 0.717) is 0 Å². The maximum atomic E-state index is 6.00. The Bertz CT molecular complexity index is 336. The number of hydrogen-bond donors (Lipinski definition) is 4. The molecule has 2 rings (SSSR count). The van der Waals surface area contributed by atoms with Gasteiger partial charge in [-0.2, -0.15) is 0 Å². The molecule has 70 valence electrons. The highest BCUT2D eigenvalue weighted by molar-refractivity contribution is 5.85. The second-order valence-electron chi connectivity index (χ2n) is 3.34. The molecule has 0 saturated heterocycles. The van der Waals surface area contributed by atoms with E-state index in [1.807, 2.05) is 25.1 Å². The predicted molar refractivity (Wildman–Crippen MR) is 55.3 cm³/mol. The van der Waals surface area contributed by atoms with Crippen molar-refractivity contribution in [1.29, 1.82) is 0 Å². The first-order valence-electron chi connectivity index (χ1n) is 4.38. The van der Waals surface area contributed by atoms with E-state index in [2.05, 4.69) is 10.6 Å². The van der Waals surface area contributed by atoms with Crippen molar-refractivity contribution in [2.45, 2.75) is 19.1 Å². The van der Waals surface area contributed by atoms with Crippen molar-refractivity contribution in [2.75, 3.05) is 16.4 Å². The molecule has 0 amide bonds. The van der Waals surface area contributed by atoms with Gasteiger partial charge in [0.1, 0.15) is 0 Å². The Hall–Kier alpha value is -1.42. The molecule has 1 aromatic carbocycles. The number of rotatable bonds is 1. The molecule has 4 heteroatoms. The van der Waals surface area contributed by atoms with Gasteiger partial charge >= 0.3 is 0 Å². The summed E-state index contributed by atoms with van der Waals surface area (Å²) in [5.74, 6) is -0.544.